The van der Waals surface area contributed by atoms with Crippen LogP contribution in [0.15, 0.2) is 85.2 Å². The minimum atomic E-state index is -0.156. The number of rotatable bonds is 6. The van der Waals surface area contributed by atoms with Crippen molar-refractivity contribution in [1.29, 1.82) is 0 Å². The summed E-state index contributed by atoms with van der Waals surface area (Å²) in [7, 11) is 1.68. The first-order chi connectivity index (χ1) is 19.4. The van der Waals surface area contributed by atoms with Gasteiger partial charge in [-0.2, -0.15) is 0 Å². The molecule has 2 aliphatic heterocycles. The van der Waals surface area contributed by atoms with Gasteiger partial charge in [-0.25, -0.2) is 0 Å². The van der Waals surface area contributed by atoms with Crippen molar-refractivity contribution in [3.8, 4) is 11.4 Å². The Morgan fingerprint density at radius 1 is 0.950 bits per heavy atom. The van der Waals surface area contributed by atoms with E-state index < -0.39 is 0 Å². The van der Waals surface area contributed by atoms with E-state index >= 15 is 0 Å². The lowest BCUT2D eigenvalue weighted by Crippen LogP contribution is -2.38. The maximum Gasteiger partial charge on any atom is 0.174 e. The van der Waals surface area contributed by atoms with Crippen LogP contribution < -0.4 is 19.9 Å². The molecule has 40 heavy (non-hydrogen) atoms. The van der Waals surface area contributed by atoms with Crippen molar-refractivity contribution in [1.82, 2.24) is 14.9 Å². The standard InChI is InChI=1S/C32H34ClN5OS/c1-21-17-22(2)20-36(19-21)28-14-11-24(18-26(28)33)38-31(30(35-32(38)40)27-7-4-5-15-34-27)29-8-6-16-37(29)23-9-12-25(39-3)13-10-23/h4-16,18,21-22,30-31H,17,19-20H2,1-3H3,(H,35,40)/t21-,22+,30-,31-/m1/s1. The highest BCUT2D eigenvalue weighted by atomic mass is 35.5. The van der Waals surface area contributed by atoms with Crippen LogP contribution in [0.5, 0.6) is 5.75 Å². The largest absolute Gasteiger partial charge is 0.497 e. The Labute approximate surface area is 246 Å². The van der Waals surface area contributed by atoms with Gasteiger partial charge >= 0.3 is 0 Å². The summed E-state index contributed by atoms with van der Waals surface area (Å²) >= 11 is 13.0. The van der Waals surface area contributed by atoms with Gasteiger partial charge in [-0.3, -0.25) is 4.98 Å². The molecule has 0 radical (unpaired) electrons. The summed E-state index contributed by atoms with van der Waals surface area (Å²) in [6.45, 7) is 6.68. The van der Waals surface area contributed by atoms with Crippen molar-refractivity contribution in [2.45, 2.75) is 32.4 Å². The minimum Gasteiger partial charge on any atom is -0.497 e. The molecule has 2 aromatic heterocycles. The fourth-order valence-electron chi connectivity index (χ4n) is 6.31. The number of methoxy groups -OCH3 is 1. The summed E-state index contributed by atoms with van der Waals surface area (Å²) in [4.78, 5) is 9.31. The molecule has 2 saturated heterocycles. The van der Waals surface area contributed by atoms with Crippen LogP contribution >= 0.6 is 23.8 Å². The Morgan fingerprint density at radius 2 is 1.70 bits per heavy atom. The fourth-order valence-corrected chi connectivity index (χ4v) is 6.95. The maximum atomic E-state index is 7.00. The second-order valence-electron chi connectivity index (χ2n) is 11.0. The molecule has 6 nitrogen and oxygen atoms in total. The highest BCUT2D eigenvalue weighted by Gasteiger charge is 2.42. The molecule has 0 saturated carbocycles. The quantitative estimate of drug-likeness (QED) is 0.247. The van der Waals surface area contributed by atoms with Crippen LogP contribution in [0.4, 0.5) is 11.4 Å². The van der Waals surface area contributed by atoms with E-state index in [4.69, 9.17) is 33.5 Å². The third-order valence-corrected chi connectivity index (χ3v) is 8.57. The molecule has 0 spiro atoms. The Kier molecular flexibility index (Phi) is 7.43. The van der Waals surface area contributed by atoms with Crippen LogP contribution in [0.3, 0.4) is 0 Å². The number of aromatic nitrogens is 2. The number of nitrogens with zero attached hydrogens (tertiary/aromatic N) is 4. The molecule has 4 aromatic rings. The zero-order chi connectivity index (χ0) is 27.8. The second-order valence-corrected chi connectivity index (χ2v) is 11.8. The van der Waals surface area contributed by atoms with Crippen LogP contribution in [-0.4, -0.2) is 34.9 Å². The molecule has 0 aliphatic carbocycles. The predicted molar refractivity (Wildman–Crippen MR) is 167 cm³/mol. The average molecular weight is 572 g/mol. The van der Waals surface area contributed by atoms with E-state index in [1.54, 1.807) is 7.11 Å². The Bertz CT molecular complexity index is 1480. The van der Waals surface area contributed by atoms with Gasteiger partial charge in [0.25, 0.3) is 0 Å². The molecule has 0 amide bonds. The van der Waals surface area contributed by atoms with Gasteiger partial charge in [0.1, 0.15) is 11.8 Å². The molecule has 0 unspecified atom stereocenters. The van der Waals surface area contributed by atoms with E-state index in [-0.39, 0.29) is 12.1 Å². The minimum absolute atomic E-state index is 0.150. The molecule has 2 fully saturated rings. The SMILES string of the molecule is COc1ccc(-n2cccc2[C@@H]2[C@@H](c3ccccn3)NC(=S)N2c2ccc(N3C[C@H](C)C[C@H](C)C3)c(Cl)c2)cc1. The summed E-state index contributed by atoms with van der Waals surface area (Å²) in [6, 6.07) is 24.4. The van der Waals surface area contributed by atoms with Crippen LogP contribution in [0, 0.1) is 11.8 Å². The molecular formula is C32H34ClN5OS. The highest BCUT2D eigenvalue weighted by Crippen LogP contribution is 2.44. The molecule has 1 N–H and O–H groups in total. The fraction of sp³-hybridized carbons (Fsp3) is 0.312. The lowest BCUT2D eigenvalue weighted by Gasteiger charge is -2.37. The molecule has 0 bridgehead atoms. The zero-order valence-corrected chi connectivity index (χ0v) is 24.6. The number of thiocarbonyl (C=S) groups is 1. The first-order valence-corrected chi connectivity index (χ1v) is 14.6. The third-order valence-electron chi connectivity index (χ3n) is 7.95. The summed E-state index contributed by atoms with van der Waals surface area (Å²) in [5.41, 5.74) is 5.10. The van der Waals surface area contributed by atoms with Gasteiger partial charge in [0.05, 0.1) is 29.6 Å². The molecule has 4 atom stereocenters. The topological polar surface area (TPSA) is 45.6 Å². The van der Waals surface area contributed by atoms with Gasteiger partial charge in [-0.05, 0) is 97.2 Å². The average Bonchev–Trinajstić information content (AvgIpc) is 3.57. The van der Waals surface area contributed by atoms with Crippen molar-refractivity contribution in [3.63, 3.8) is 0 Å². The maximum absolute atomic E-state index is 7.00. The van der Waals surface area contributed by atoms with E-state index in [0.717, 1.165) is 52.3 Å². The van der Waals surface area contributed by atoms with Crippen molar-refractivity contribution >= 4 is 40.3 Å². The van der Waals surface area contributed by atoms with E-state index in [1.807, 2.05) is 36.5 Å². The first kappa shape index (κ1) is 26.7. The van der Waals surface area contributed by atoms with E-state index in [0.29, 0.717) is 16.9 Å². The molecule has 2 aliphatic rings. The zero-order valence-electron chi connectivity index (χ0n) is 23.0. The molecule has 206 valence electrons. The van der Waals surface area contributed by atoms with Gasteiger partial charge < -0.3 is 24.4 Å². The van der Waals surface area contributed by atoms with Crippen LogP contribution in [0.1, 0.15) is 43.7 Å². The lowest BCUT2D eigenvalue weighted by atomic mass is 9.91. The van der Waals surface area contributed by atoms with Crippen molar-refractivity contribution in [3.05, 3.63) is 102 Å². The van der Waals surface area contributed by atoms with Gasteiger partial charge in [-0.1, -0.05) is 31.5 Å². The predicted octanol–water partition coefficient (Wildman–Crippen LogP) is 7.19. The normalized spacial score (nSPS) is 22.9. The summed E-state index contributed by atoms with van der Waals surface area (Å²) < 4.78 is 7.59. The van der Waals surface area contributed by atoms with Crippen LogP contribution in [0.25, 0.3) is 5.69 Å². The molecule has 6 rings (SSSR count). The number of piperidine rings is 1. The number of benzene rings is 2. The van der Waals surface area contributed by atoms with Crippen molar-refractivity contribution < 1.29 is 4.74 Å². The monoisotopic (exact) mass is 571 g/mol. The van der Waals surface area contributed by atoms with Gasteiger partial charge in [0, 0.05) is 42.6 Å². The molecular weight excluding hydrogens is 538 g/mol. The summed E-state index contributed by atoms with van der Waals surface area (Å²) in [5.74, 6) is 2.11. The van der Waals surface area contributed by atoms with Gasteiger partial charge in [-0.15, -0.1) is 0 Å². The Hall–Kier alpha value is -3.55. The number of nitrogens with one attached hydrogen (secondary N) is 1. The van der Waals surface area contributed by atoms with E-state index in [2.05, 4.69) is 82.2 Å². The highest BCUT2D eigenvalue weighted by molar-refractivity contribution is 7.80. The third kappa shape index (κ3) is 5.04. The summed E-state index contributed by atoms with van der Waals surface area (Å²) in [5, 5.41) is 4.96. The van der Waals surface area contributed by atoms with Crippen molar-refractivity contribution in [2.75, 3.05) is 30.0 Å². The Morgan fingerprint density at radius 3 is 2.38 bits per heavy atom. The van der Waals surface area contributed by atoms with E-state index in [1.165, 1.54) is 6.42 Å². The van der Waals surface area contributed by atoms with Crippen molar-refractivity contribution in [2.24, 2.45) is 11.8 Å². The molecule has 2 aromatic carbocycles. The van der Waals surface area contributed by atoms with Gasteiger partial charge in [0.2, 0.25) is 0 Å². The number of halogens is 1. The smallest absolute Gasteiger partial charge is 0.174 e. The molecule has 4 heterocycles. The van der Waals surface area contributed by atoms with Crippen LogP contribution in [0.2, 0.25) is 5.02 Å². The number of anilines is 2. The molecule has 8 heteroatoms. The number of hydrogen-bond donors (Lipinski definition) is 1. The van der Waals surface area contributed by atoms with E-state index in [9.17, 15) is 0 Å². The lowest BCUT2D eigenvalue weighted by molar-refractivity contribution is 0.357. The first-order valence-electron chi connectivity index (χ1n) is 13.8. The van der Waals surface area contributed by atoms with Gasteiger partial charge in [0.15, 0.2) is 5.11 Å². The second kappa shape index (κ2) is 11.1. The Balaban J connectivity index is 1.41. The number of ether oxygens (including phenoxy) is 1. The summed E-state index contributed by atoms with van der Waals surface area (Å²) in [6.07, 6.45) is 5.17. The van der Waals surface area contributed by atoms with Crippen LogP contribution in [-0.2, 0) is 0 Å². The number of hydrogen-bond acceptors (Lipinski definition) is 4. The number of pyridine rings is 1.